The van der Waals surface area contributed by atoms with Crippen molar-refractivity contribution in [2.24, 2.45) is 22.4 Å². The molecule has 0 unspecified atom stereocenters. The number of guanidine groups is 1. The molecule has 1 aromatic carbocycles. The maximum atomic E-state index is 12.9. The van der Waals surface area contributed by atoms with E-state index in [0.29, 0.717) is 32.2 Å². The number of methoxy groups -OCH3 is 1. The van der Waals surface area contributed by atoms with Crippen molar-refractivity contribution in [3.63, 3.8) is 0 Å². The number of carbonyl (C=O) groups excluding carboxylic acids is 4. The van der Waals surface area contributed by atoms with E-state index in [9.17, 15) is 19.2 Å². The quantitative estimate of drug-likeness (QED) is 0.0486. The van der Waals surface area contributed by atoms with E-state index in [1.54, 1.807) is 12.6 Å². The molecule has 1 aromatic rings. The van der Waals surface area contributed by atoms with Crippen LogP contribution in [-0.4, -0.2) is 67.6 Å². The topological polar surface area (TPSA) is 210 Å². The Morgan fingerprint density at radius 1 is 1.00 bits per heavy atom. The summed E-state index contributed by atoms with van der Waals surface area (Å²) in [5.74, 6) is -2.27. The highest BCUT2D eigenvalue weighted by Crippen LogP contribution is 2.17. The minimum atomic E-state index is -0.973. The van der Waals surface area contributed by atoms with E-state index in [-0.39, 0.29) is 18.8 Å². The summed E-state index contributed by atoms with van der Waals surface area (Å²) in [5.41, 5.74) is 13.2. The largest absolute Gasteiger partial charge is 0.497 e. The Bertz CT molecular complexity index is 919. The molecule has 37 heavy (non-hydrogen) atoms. The minimum absolute atomic E-state index is 0.0645. The number of rotatable bonds is 16. The predicted molar refractivity (Wildman–Crippen MR) is 137 cm³/mol. The maximum Gasteiger partial charge on any atom is 0.244 e. The molecule has 0 heterocycles. The second-order valence-electron chi connectivity index (χ2n) is 8.53. The van der Waals surface area contributed by atoms with Crippen LogP contribution < -0.4 is 37.6 Å². The Labute approximate surface area is 216 Å². The molecule has 13 heteroatoms. The molecule has 0 radical (unpaired) electrons. The third kappa shape index (κ3) is 12.1. The van der Waals surface area contributed by atoms with Gasteiger partial charge in [0, 0.05) is 25.9 Å². The second-order valence-corrected chi connectivity index (χ2v) is 8.53. The average molecular weight is 522 g/mol. The van der Waals surface area contributed by atoms with Crippen molar-refractivity contribution in [2.45, 2.75) is 57.5 Å². The minimum Gasteiger partial charge on any atom is -0.497 e. The molecule has 206 valence electrons. The summed E-state index contributed by atoms with van der Waals surface area (Å²) in [5, 5.41) is 16.6. The summed E-state index contributed by atoms with van der Waals surface area (Å²) in [6.07, 6.45) is 2.10. The number of amides is 4. The average Bonchev–Trinajstić information content (AvgIpc) is 2.89. The van der Waals surface area contributed by atoms with Crippen LogP contribution in [0.1, 0.15) is 44.6 Å². The van der Waals surface area contributed by atoms with Crippen LogP contribution in [0, 0.1) is 5.92 Å². The molecular weight excluding hydrogens is 482 g/mol. The van der Waals surface area contributed by atoms with Gasteiger partial charge in [-0.2, -0.15) is 0 Å². The molecule has 0 aliphatic carbocycles. The summed E-state index contributed by atoms with van der Waals surface area (Å²) in [7, 11) is 3.03. The van der Waals surface area contributed by atoms with Gasteiger partial charge in [0.2, 0.25) is 23.6 Å². The molecule has 13 nitrogen and oxygen atoms in total. The van der Waals surface area contributed by atoms with Crippen LogP contribution in [0.2, 0.25) is 0 Å². The van der Waals surface area contributed by atoms with Crippen molar-refractivity contribution in [1.82, 2.24) is 21.4 Å². The van der Waals surface area contributed by atoms with Gasteiger partial charge >= 0.3 is 0 Å². The van der Waals surface area contributed by atoms with Crippen LogP contribution in [0.5, 0.6) is 5.75 Å². The highest BCUT2D eigenvalue weighted by atomic mass is 16.5. The van der Waals surface area contributed by atoms with Crippen LogP contribution in [0.25, 0.3) is 0 Å². The van der Waals surface area contributed by atoms with E-state index < -0.39 is 41.6 Å². The third-order valence-electron chi connectivity index (χ3n) is 5.68. The monoisotopic (exact) mass is 521 g/mol. The van der Waals surface area contributed by atoms with Crippen molar-refractivity contribution >= 4 is 29.6 Å². The number of nitrogens with zero attached hydrogens (tertiary/aromatic N) is 1. The lowest BCUT2D eigenvalue weighted by atomic mass is 9.95. The van der Waals surface area contributed by atoms with Gasteiger partial charge in [-0.05, 0) is 56.7 Å². The van der Waals surface area contributed by atoms with Crippen molar-refractivity contribution in [1.29, 1.82) is 0 Å². The Morgan fingerprint density at radius 3 is 2.24 bits per heavy atom. The van der Waals surface area contributed by atoms with Crippen LogP contribution in [0.15, 0.2) is 29.3 Å². The normalized spacial score (nSPS) is 12.9. The highest BCUT2D eigenvalue weighted by Gasteiger charge is 2.27. The molecule has 0 fully saturated rings. The van der Waals surface area contributed by atoms with Gasteiger partial charge in [0.1, 0.15) is 17.8 Å². The lowest BCUT2D eigenvalue weighted by Gasteiger charge is -2.22. The molecule has 0 spiro atoms. The molecule has 0 aromatic heterocycles. The molecule has 0 aliphatic heterocycles. The third-order valence-corrected chi connectivity index (χ3v) is 5.68. The van der Waals surface area contributed by atoms with Crippen molar-refractivity contribution < 1.29 is 29.1 Å². The lowest BCUT2D eigenvalue weighted by molar-refractivity contribution is -0.136. The molecular formula is C24H39N7O6. The Balaban J connectivity index is 2.72. The van der Waals surface area contributed by atoms with E-state index in [1.807, 2.05) is 24.3 Å². The zero-order chi connectivity index (χ0) is 27.8. The number of aryl methyl sites for hydroxylation is 1. The van der Waals surface area contributed by atoms with E-state index in [0.717, 1.165) is 11.3 Å². The standard InChI is InChI=1S/C24H39N7O6/c1-15(21(33)30-19(23(35)27-2)8-5-13-28-24(25)26)29-22(34)17(14-20(32)31-36)7-4-6-16-9-11-18(37-3)12-10-16/h9-12,15,17,19,36H,4-8,13-14H2,1-3H3,(H,27,35)(H,29,34)(H,30,33)(H,31,32)(H4,25,26,28)/t15-,17+,19-/m1/s1. The van der Waals surface area contributed by atoms with E-state index in [2.05, 4.69) is 20.9 Å². The number of nitrogens with two attached hydrogens (primary N) is 2. The molecule has 0 saturated heterocycles. The molecule has 9 N–H and O–H groups in total. The number of carbonyl (C=O) groups is 4. The molecule has 3 atom stereocenters. The van der Waals surface area contributed by atoms with Crippen LogP contribution in [0.3, 0.4) is 0 Å². The Morgan fingerprint density at radius 2 is 1.68 bits per heavy atom. The van der Waals surface area contributed by atoms with Gasteiger partial charge in [-0.25, -0.2) is 5.48 Å². The highest BCUT2D eigenvalue weighted by molar-refractivity contribution is 5.93. The Hall–Kier alpha value is -3.87. The second kappa shape index (κ2) is 16.7. The number of likely N-dealkylation sites (N-methyl/N-ethyl adjacent to an activating group) is 1. The van der Waals surface area contributed by atoms with E-state index in [4.69, 9.17) is 21.4 Å². The van der Waals surface area contributed by atoms with Crippen LogP contribution in [0.4, 0.5) is 0 Å². The number of hydrogen-bond acceptors (Lipinski definition) is 7. The number of aliphatic imine (C=N–C) groups is 1. The first-order valence-electron chi connectivity index (χ1n) is 12.0. The smallest absolute Gasteiger partial charge is 0.244 e. The van der Waals surface area contributed by atoms with E-state index >= 15 is 0 Å². The number of ether oxygens (including phenoxy) is 1. The number of benzene rings is 1. The van der Waals surface area contributed by atoms with Gasteiger partial charge in [0.25, 0.3) is 0 Å². The zero-order valence-corrected chi connectivity index (χ0v) is 21.6. The van der Waals surface area contributed by atoms with Gasteiger partial charge in [0.15, 0.2) is 5.96 Å². The summed E-state index contributed by atoms with van der Waals surface area (Å²) in [6.45, 7) is 1.78. The first-order chi connectivity index (χ1) is 17.6. The zero-order valence-electron chi connectivity index (χ0n) is 21.6. The van der Waals surface area contributed by atoms with Gasteiger partial charge in [-0.15, -0.1) is 0 Å². The first-order valence-corrected chi connectivity index (χ1v) is 12.0. The summed E-state index contributed by atoms with van der Waals surface area (Å²) < 4.78 is 5.14. The van der Waals surface area contributed by atoms with Crippen molar-refractivity contribution in [3.8, 4) is 5.75 Å². The van der Waals surface area contributed by atoms with Crippen LogP contribution >= 0.6 is 0 Å². The summed E-state index contributed by atoms with van der Waals surface area (Å²) in [6, 6.07) is 5.70. The van der Waals surface area contributed by atoms with Gasteiger partial charge < -0.3 is 32.2 Å². The van der Waals surface area contributed by atoms with Crippen LogP contribution in [-0.2, 0) is 25.6 Å². The number of nitrogens with one attached hydrogen (secondary N) is 4. The van der Waals surface area contributed by atoms with Gasteiger partial charge in [-0.3, -0.25) is 29.4 Å². The SMILES string of the molecule is CNC(=O)[C@@H](CCCN=C(N)N)NC(=O)[C@@H](C)NC(=O)[C@@H](CCCc1ccc(OC)cc1)CC(=O)NO. The van der Waals surface area contributed by atoms with Gasteiger partial charge in [-0.1, -0.05) is 12.1 Å². The molecule has 0 saturated carbocycles. The lowest BCUT2D eigenvalue weighted by Crippen LogP contribution is -2.53. The van der Waals surface area contributed by atoms with Crippen molar-refractivity contribution in [2.75, 3.05) is 20.7 Å². The fourth-order valence-electron chi connectivity index (χ4n) is 3.58. The summed E-state index contributed by atoms with van der Waals surface area (Å²) >= 11 is 0. The fourth-order valence-corrected chi connectivity index (χ4v) is 3.58. The fraction of sp³-hybridized carbons (Fsp3) is 0.542. The molecule has 0 aliphatic rings. The number of hydrogen-bond donors (Lipinski definition) is 7. The number of hydroxylamine groups is 1. The van der Waals surface area contributed by atoms with E-state index in [1.165, 1.54) is 14.0 Å². The molecule has 4 amide bonds. The molecule has 1 rings (SSSR count). The summed E-state index contributed by atoms with van der Waals surface area (Å²) in [4.78, 5) is 53.4. The first kappa shape index (κ1) is 31.2. The Kier molecular flexibility index (Phi) is 14.1. The van der Waals surface area contributed by atoms with Gasteiger partial charge in [0.05, 0.1) is 7.11 Å². The van der Waals surface area contributed by atoms with Crippen molar-refractivity contribution in [3.05, 3.63) is 29.8 Å². The molecule has 0 bridgehead atoms. The predicted octanol–water partition coefficient (Wildman–Crippen LogP) is -0.681. The maximum absolute atomic E-state index is 12.9.